The van der Waals surface area contributed by atoms with E-state index in [1.807, 2.05) is 0 Å². The number of aryl methyl sites for hydroxylation is 1. The Morgan fingerprint density at radius 3 is 2.21 bits per heavy atom. The first-order valence-corrected chi connectivity index (χ1v) is 9.85. The van der Waals surface area contributed by atoms with Crippen molar-refractivity contribution in [2.24, 2.45) is 0 Å². The van der Waals surface area contributed by atoms with E-state index in [0.717, 1.165) is 15.6 Å². The molecular formula is C19H15NO6S2. The first-order chi connectivity index (χ1) is 13.3. The average Bonchev–Trinajstić information content (AvgIpc) is 3.08. The number of thiophene rings is 1. The molecule has 7 nitrogen and oxygen atoms in total. The zero-order chi connectivity index (χ0) is 20.4. The zero-order valence-electron chi connectivity index (χ0n) is 14.5. The lowest BCUT2D eigenvalue weighted by atomic mass is 10.1. The van der Waals surface area contributed by atoms with Crippen molar-refractivity contribution >= 4 is 45.9 Å². The summed E-state index contributed by atoms with van der Waals surface area (Å²) in [6.45, 7) is 1.74. The maximum absolute atomic E-state index is 12.1. The minimum atomic E-state index is -2.54. The summed E-state index contributed by atoms with van der Waals surface area (Å²) in [4.78, 5) is 23.5. The van der Waals surface area contributed by atoms with Crippen molar-refractivity contribution in [1.29, 1.82) is 0 Å². The second-order valence-electron chi connectivity index (χ2n) is 5.79. The number of benzene rings is 2. The summed E-state index contributed by atoms with van der Waals surface area (Å²) in [7, 11) is 0. The van der Waals surface area contributed by atoms with Gasteiger partial charge in [-0.25, -0.2) is 18.1 Å². The van der Waals surface area contributed by atoms with Crippen LogP contribution in [-0.2, 0) is 11.3 Å². The molecule has 1 atom stereocenters. The summed E-state index contributed by atoms with van der Waals surface area (Å²) >= 11 is -1.69. The lowest BCUT2D eigenvalue weighted by Gasteiger charge is -2.21. The van der Waals surface area contributed by atoms with Gasteiger partial charge in [-0.15, -0.1) is 11.3 Å². The summed E-state index contributed by atoms with van der Waals surface area (Å²) < 4.78 is 23.0. The molecule has 2 aromatic carbocycles. The van der Waals surface area contributed by atoms with Gasteiger partial charge in [0.1, 0.15) is 4.88 Å². The van der Waals surface area contributed by atoms with Crippen molar-refractivity contribution in [1.82, 2.24) is 0 Å². The first kappa shape index (κ1) is 19.7. The van der Waals surface area contributed by atoms with Gasteiger partial charge >= 0.3 is 11.9 Å². The first-order valence-electron chi connectivity index (χ1n) is 7.97. The maximum atomic E-state index is 12.1. The largest absolute Gasteiger partial charge is 0.478 e. The van der Waals surface area contributed by atoms with E-state index in [1.54, 1.807) is 49.4 Å². The molecule has 1 aromatic heterocycles. The molecule has 0 radical (unpaired) electrons. The summed E-state index contributed by atoms with van der Waals surface area (Å²) in [5, 5.41) is 19.1. The Bertz CT molecular complexity index is 1090. The quantitative estimate of drug-likeness (QED) is 0.512. The van der Waals surface area contributed by atoms with Gasteiger partial charge in [-0.1, -0.05) is 36.4 Å². The molecule has 0 fully saturated rings. The van der Waals surface area contributed by atoms with Crippen molar-refractivity contribution < 1.29 is 28.6 Å². The van der Waals surface area contributed by atoms with Crippen molar-refractivity contribution in [3.8, 4) is 10.4 Å². The monoisotopic (exact) mass is 417 g/mol. The third-order valence-electron chi connectivity index (χ3n) is 4.04. The molecule has 0 aliphatic carbocycles. The number of rotatable bonds is 6. The van der Waals surface area contributed by atoms with Crippen LogP contribution in [0.25, 0.3) is 10.4 Å². The summed E-state index contributed by atoms with van der Waals surface area (Å²) in [5.74, 6) is -2.42. The lowest BCUT2D eigenvalue weighted by Crippen LogP contribution is -2.21. The van der Waals surface area contributed by atoms with Gasteiger partial charge in [-0.3, -0.25) is 4.55 Å². The van der Waals surface area contributed by atoms with E-state index >= 15 is 0 Å². The molecule has 0 amide bonds. The van der Waals surface area contributed by atoms with Crippen LogP contribution in [0.4, 0.5) is 11.4 Å². The normalized spacial score (nSPS) is 11.8. The molecule has 3 aromatic rings. The summed E-state index contributed by atoms with van der Waals surface area (Å²) in [6, 6.07) is 14.4. The summed E-state index contributed by atoms with van der Waals surface area (Å²) in [5.41, 5.74) is 1.42. The predicted octanol–water partition coefficient (Wildman–Crippen LogP) is 4.39. The van der Waals surface area contributed by atoms with Gasteiger partial charge in [0, 0.05) is 10.4 Å². The van der Waals surface area contributed by atoms with E-state index in [0.29, 0.717) is 21.7 Å². The number of aromatic carboxylic acids is 2. The van der Waals surface area contributed by atoms with Gasteiger partial charge < -0.3 is 10.2 Å². The molecule has 28 heavy (non-hydrogen) atoms. The number of hydrogen-bond acceptors (Lipinski definition) is 4. The Labute approximate surface area is 166 Å². The number of anilines is 2. The topological polar surface area (TPSA) is 115 Å². The molecule has 144 valence electrons. The maximum Gasteiger partial charge on any atom is 0.348 e. The molecule has 0 aliphatic heterocycles. The standard InChI is InChI=1S/C19H15NO6S2/c1-11-6-2-5-9-14(11)20(28(25)26)15-10-16(27-17(15)19(23)24)12-7-3-4-8-13(12)18(21)22/h2-10H,1H3,(H,21,22)(H,23,24)(H,25,26). The molecule has 9 heteroatoms. The van der Waals surface area contributed by atoms with Gasteiger partial charge in [0.05, 0.1) is 16.9 Å². The third kappa shape index (κ3) is 3.68. The highest BCUT2D eigenvalue weighted by molar-refractivity contribution is 7.81. The van der Waals surface area contributed by atoms with Crippen LogP contribution in [0.5, 0.6) is 0 Å². The van der Waals surface area contributed by atoms with Crippen molar-refractivity contribution in [2.45, 2.75) is 6.92 Å². The van der Waals surface area contributed by atoms with Crippen LogP contribution in [0.1, 0.15) is 25.6 Å². The smallest absolute Gasteiger partial charge is 0.348 e. The Kier molecular flexibility index (Phi) is 5.59. The molecule has 0 saturated heterocycles. The van der Waals surface area contributed by atoms with Gasteiger partial charge in [0.15, 0.2) is 0 Å². The Morgan fingerprint density at radius 1 is 0.964 bits per heavy atom. The van der Waals surface area contributed by atoms with Gasteiger partial charge in [0.2, 0.25) is 0 Å². The molecule has 1 heterocycles. The predicted molar refractivity (Wildman–Crippen MR) is 108 cm³/mol. The molecule has 1 unspecified atom stereocenters. The van der Waals surface area contributed by atoms with Crippen LogP contribution in [0.3, 0.4) is 0 Å². The number of carboxylic acids is 2. The van der Waals surface area contributed by atoms with E-state index < -0.39 is 23.2 Å². The van der Waals surface area contributed by atoms with Gasteiger partial charge in [-0.05, 0) is 30.7 Å². The number of hydrogen-bond donors (Lipinski definition) is 3. The van der Waals surface area contributed by atoms with Crippen LogP contribution in [0, 0.1) is 6.92 Å². The molecular weight excluding hydrogens is 402 g/mol. The molecule has 3 N–H and O–H groups in total. The molecule has 3 rings (SSSR count). The van der Waals surface area contributed by atoms with E-state index in [9.17, 15) is 28.6 Å². The van der Waals surface area contributed by atoms with Gasteiger partial charge in [0.25, 0.3) is 11.3 Å². The van der Waals surface area contributed by atoms with Crippen LogP contribution < -0.4 is 4.31 Å². The second kappa shape index (κ2) is 7.93. The minimum absolute atomic E-state index is 0.0137. The lowest BCUT2D eigenvalue weighted by molar-refractivity contribution is 0.0689. The fourth-order valence-corrected chi connectivity index (χ4v) is 4.56. The Morgan fingerprint density at radius 2 is 1.61 bits per heavy atom. The molecule has 0 spiro atoms. The van der Waals surface area contributed by atoms with Crippen LogP contribution in [0.15, 0.2) is 54.6 Å². The Balaban J connectivity index is 2.25. The summed E-state index contributed by atoms with van der Waals surface area (Å²) in [6.07, 6.45) is 0. The zero-order valence-corrected chi connectivity index (χ0v) is 16.2. The van der Waals surface area contributed by atoms with E-state index in [4.69, 9.17) is 0 Å². The van der Waals surface area contributed by atoms with Gasteiger partial charge in [-0.2, -0.15) is 0 Å². The second-order valence-corrected chi connectivity index (χ2v) is 7.67. The number of carboxylic acid groups (broad SMARTS) is 2. The fourth-order valence-electron chi connectivity index (χ4n) is 2.79. The Hall–Kier alpha value is -3.01. The van der Waals surface area contributed by atoms with Crippen LogP contribution in [0.2, 0.25) is 0 Å². The highest BCUT2D eigenvalue weighted by atomic mass is 32.2. The molecule has 0 bridgehead atoms. The minimum Gasteiger partial charge on any atom is -0.478 e. The molecule has 0 aliphatic rings. The third-order valence-corrected chi connectivity index (χ3v) is 5.89. The van der Waals surface area contributed by atoms with Crippen molar-refractivity contribution in [2.75, 3.05) is 4.31 Å². The average molecular weight is 417 g/mol. The van der Waals surface area contributed by atoms with Crippen molar-refractivity contribution in [3.05, 3.63) is 70.6 Å². The number of para-hydroxylation sites is 1. The highest BCUT2D eigenvalue weighted by Gasteiger charge is 2.27. The number of carbonyl (C=O) groups is 2. The van der Waals surface area contributed by atoms with Crippen LogP contribution >= 0.6 is 11.3 Å². The van der Waals surface area contributed by atoms with E-state index in [2.05, 4.69) is 0 Å². The van der Waals surface area contributed by atoms with Crippen molar-refractivity contribution in [3.63, 3.8) is 0 Å². The van der Waals surface area contributed by atoms with E-state index in [1.165, 1.54) is 12.1 Å². The fraction of sp³-hybridized carbons (Fsp3) is 0.0526. The van der Waals surface area contributed by atoms with E-state index in [-0.39, 0.29) is 16.1 Å². The molecule has 0 saturated carbocycles. The highest BCUT2D eigenvalue weighted by Crippen LogP contribution is 2.42. The van der Waals surface area contributed by atoms with Crippen LogP contribution in [-0.4, -0.2) is 30.9 Å². The SMILES string of the molecule is Cc1ccccc1N(c1cc(-c2ccccc2C(=O)O)sc1C(=O)O)S(=O)O. The number of nitrogens with zero attached hydrogens (tertiary/aromatic N) is 1.